The van der Waals surface area contributed by atoms with Crippen LogP contribution < -0.4 is 9.64 Å². The van der Waals surface area contributed by atoms with E-state index in [9.17, 15) is 4.79 Å². The first kappa shape index (κ1) is 22.6. The van der Waals surface area contributed by atoms with E-state index in [0.29, 0.717) is 25.3 Å². The Labute approximate surface area is 199 Å². The van der Waals surface area contributed by atoms with E-state index in [-0.39, 0.29) is 5.91 Å². The highest BCUT2D eigenvalue weighted by Crippen LogP contribution is 2.26. The van der Waals surface area contributed by atoms with Crippen molar-refractivity contribution in [1.29, 1.82) is 0 Å². The molecule has 0 aromatic heterocycles. The maximum absolute atomic E-state index is 12.9. The lowest BCUT2D eigenvalue weighted by molar-refractivity contribution is 0.0746. The van der Waals surface area contributed by atoms with Crippen LogP contribution in [0.5, 0.6) is 5.75 Å². The number of carbonyl (C=O) groups excluding carboxylic acids is 1. The predicted octanol–water partition coefficient (Wildman–Crippen LogP) is 5.78. The molecule has 0 bridgehead atoms. The highest BCUT2D eigenvalue weighted by atomic mass is 35.5. The maximum atomic E-state index is 12.9. The highest BCUT2D eigenvalue weighted by Gasteiger charge is 2.23. The Kier molecular flexibility index (Phi) is 7.61. The molecule has 166 valence electrons. The van der Waals surface area contributed by atoms with Crippen molar-refractivity contribution in [3.05, 3.63) is 88.9 Å². The SMILES string of the molecule is Cc1ccc(Cl)cc1N1CCN(C(=O)c2ccc(OCCSc3ccccc3)cc2)CC1. The zero-order valence-corrected chi connectivity index (χ0v) is 19.7. The van der Waals surface area contributed by atoms with E-state index in [1.54, 1.807) is 11.8 Å². The summed E-state index contributed by atoms with van der Waals surface area (Å²) in [5.41, 5.74) is 3.05. The second-order valence-corrected chi connectivity index (χ2v) is 9.35. The van der Waals surface area contributed by atoms with Crippen LogP contribution in [-0.4, -0.2) is 49.3 Å². The molecule has 1 amide bonds. The fourth-order valence-corrected chi connectivity index (χ4v) is 4.70. The second kappa shape index (κ2) is 10.8. The molecular formula is C26H27ClN2O2S. The van der Waals surface area contributed by atoms with Crippen LogP contribution in [0.1, 0.15) is 15.9 Å². The zero-order valence-electron chi connectivity index (χ0n) is 18.2. The van der Waals surface area contributed by atoms with Crippen LogP contribution in [0.25, 0.3) is 0 Å². The number of thioether (sulfide) groups is 1. The Morgan fingerprint density at radius 3 is 2.41 bits per heavy atom. The van der Waals surface area contributed by atoms with Crippen LogP contribution in [-0.2, 0) is 0 Å². The van der Waals surface area contributed by atoms with Gasteiger partial charge in [-0.3, -0.25) is 4.79 Å². The summed E-state index contributed by atoms with van der Waals surface area (Å²) in [6.07, 6.45) is 0. The van der Waals surface area contributed by atoms with E-state index in [1.807, 2.05) is 65.6 Å². The van der Waals surface area contributed by atoms with Gasteiger partial charge in [-0.05, 0) is 61.0 Å². The van der Waals surface area contributed by atoms with Gasteiger partial charge in [-0.1, -0.05) is 35.9 Å². The van der Waals surface area contributed by atoms with Crippen molar-refractivity contribution in [2.45, 2.75) is 11.8 Å². The van der Waals surface area contributed by atoms with Crippen molar-refractivity contribution in [2.75, 3.05) is 43.4 Å². The summed E-state index contributed by atoms with van der Waals surface area (Å²) in [6, 6.07) is 23.7. The van der Waals surface area contributed by atoms with Gasteiger partial charge < -0.3 is 14.5 Å². The third kappa shape index (κ3) is 5.78. The molecule has 4 nitrogen and oxygen atoms in total. The van der Waals surface area contributed by atoms with Gasteiger partial charge in [0.15, 0.2) is 0 Å². The van der Waals surface area contributed by atoms with E-state index in [0.717, 1.165) is 35.3 Å². The Morgan fingerprint density at radius 2 is 1.69 bits per heavy atom. The monoisotopic (exact) mass is 466 g/mol. The topological polar surface area (TPSA) is 32.8 Å². The Hall–Kier alpha value is -2.63. The Balaban J connectivity index is 1.25. The molecule has 32 heavy (non-hydrogen) atoms. The van der Waals surface area contributed by atoms with Crippen LogP contribution >= 0.6 is 23.4 Å². The molecule has 1 aliphatic heterocycles. The van der Waals surface area contributed by atoms with Crippen molar-refractivity contribution in [1.82, 2.24) is 4.90 Å². The minimum absolute atomic E-state index is 0.0682. The summed E-state index contributed by atoms with van der Waals surface area (Å²) in [5.74, 6) is 1.73. The van der Waals surface area contributed by atoms with Crippen LogP contribution in [0, 0.1) is 6.92 Å². The lowest BCUT2D eigenvalue weighted by Gasteiger charge is -2.37. The zero-order chi connectivity index (χ0) is 22.3. The molecule has 0 atom stereocenters. The van der Waals surface area contributed by atoms with E-state index in [2.05, 4.69) is 24.0 Å². The standard InChI is InChI=1S/C26H27ClN2O2S/c1-20-7-10-22(27)19-25(20)28-13-15-29(16-14-28)26(30)21-8-11-23(12-9-21)31-17-18-32-24-5-3-2-4-6-24/h2-12,19H,13-18H2,1H3. The second-order valence-electron chi connectivity index (χ2n) is 7.74. The summed E-state index contributed by atoms with van der Waals surface area (Å²) >= 11 is 7.94. The first-order valence-corrected chi connectivity index (χ1v) is 12.2. The van der Waals surface area contributed by atoms with Crippen LogP contribution in [0.2, 0.25) is 5.02 Å². The summed E-state index contributed by atoms with van der Waals surface area (Å²) in [6.45, 7) is 5.70. The summed E-state index contributed by atoms with van der Waals surface area (Å²) in [7, 11) is 0. The number of amides is 1. The molecule has 0 radical (unpaired) electrons. The van der Waals surface area contributed by atoms with E-state index in [4.69, 9.17) is 16.3 Å². The summed E-state index contributed by atoms with van der Waals surface area (Å²) in [4.78, 5) is 18.4. The molecule has 4 rings (SSSR count). The highest BCUT2D eigenvalue weighted by molar-refractivity contribution is 7.99. The number of aryl methyl sites for hydroxylation is 1. The number of piperazine rings is 1. The molecule has 3 aromatic rings. The molecule has 3 aromatic carbocycles. The molecule has 1 saturated heterocycles. The smallest absolute Gasteiger partial charge is 0.253 e. The lowest BCUT2D eigenvalue weighted by Crippen LogP contribution is -2.49. The van der Waals surface area contributed by atoms with Crippen LogP contribution in [0.3, 0.4) is 0 Å². The summed E-state index contributed by atoms with van der Waals surface area (Å²) < 4.78 is 5.83. The van der Waals surface area contributed by atoms with Gasteiger partial charge in [0, 0.05) is 53.1 Å². The fourth-order valence-electron chi connectivity index (χ4n) is 3.79. The number of anilines is 1. The van der Waals surface area contributed by atoms with Gasteiger partial charge in [0.1, 0.15) is 5.75 Å². The first-order chi connectivity index (χ1) is 15.6. The lowest BCUT2D eigenvalue weighted by atomic mass is 10.1. The molecule has 1 fully saturated rings. The number of benzene rings is 3. The van der Waals surface area contributed by atoms with E-state index in [1.165, 1.54) is 10.5 Å². The average molecular weight is 467 g/mol. The minimum atomic E-state index is 0.0682. The molecule has 1 heterocycles. The number of ether oxygens (including phenoxy) is 1. The van der Waals surface area contributed by atoms with E-state index < -0.39 is 0 Å². The van der Waals surface area contributed by atoms with Gasteiger partial charge in [-0.15, -0.1) is 11.8 Å². The molecule has 1 aliphatic rings. The fraction of sp³-hybridized carbons (Fsp3) is 0.269. The van der Waals surface area contributed by atoms with Crippen molar-refractivity contribution in [3.8, 4) is 5.75 Å². The van der Waals surface area contributed by atoms with Crippen LogP contribution in [0.15, 0.2) is 77.7 Å². The van der Waals surface area contributed by atoms with Gasteiger partial charge in [0.05, 0.1) is 6.61 Å². The number of carbonyl (C=O) groups is 1. The number of hydrogen-bond donors (Lipinski definition) is 0. The van der Waals surface area contributed by atoms with Crippen molar-refractivity contribution < 1.29 is 9.53 Å². The van der Waals surface area contributed by atoms with Gasteiger partial charge in [0.2, 0.25) is 0 Å². The third-order valence-electron chi connectivity index (χ3n) is 5.54. The molecule has 0 aliphatic carbocycles. The maximum Gasteiger partial charge on any atom is 0.253 e. The van der Waals surface area contributed by atoms with E-state index >= 15 is 0 Å². The minimum Gasteiger partial charge on any atom is -0.493 e. The predicted molar refractivity (Wildman–Crippen MR) is 133 cm³/mol. The van der Waals surface area contributed by atoms with Crippen molar-refractivity contribution in [2.24, 2.45) is 0 Å². The number of rotatable bonds is 7. The van der Waals surface area contributed by atoms with Gasteiger partial charge >= 0.3 is 0 Å². The van der Waals surface area contributed by atoms with Crippen LogP contribution in [0.4, 0.5) is 5.69 Å². The van der Waals surface area contributed by atoms with Gasteiger partial charge in [-0.2, -0.15) is 0 Å². The third-order valence-corrected chi connectivity index (χ3v) is 6.76. The number of nitrogens with zero attached hydrogens (tertiary/aromatic N) is 2. The normalized spacial score (nSPS) is 13.8. The Bertz CT molecular complexity index is 1040. The molecule has 0 N–H and O–H groups in total. The first-order valence-electron chi connectivity index (χ1n) is 10.8. The number of halogens is 1. The Morgan fingerprint density at radius 1 is 0.969 bits per heavy atom. The molecule has 0 saturated carbocycles. The average Bonchev–Trinajstić information content (AvgIpc) is 2.84. The molecule has 0 spiro atoms. The largest absolute Gasteiger partial charge is 0.493 e. The quantitative estimate of drug-likeness (QED) is 0.326. The molecule has 6 heteroatoms. The number of hydrogen-bond acceptors (Lipinski definition) is 4. The summed E-state index contributed by atoms with van der Waals surface area (Å²) in [5, 5.41) is 0.741. The van der Waals surface area contributed by atoms with Crippen molar-refractivity contribution in [3.63, 3.8) is 0 Å². The van der Waals surface area contributed by atoms with Crippen molar-refractivity contribution >= 4 is 35.0 Å². The van der Waals surface area contributed by atoms with Gasteiger partial charge in [-0.25, -0.2) is 0 Å². The van der Waals surface area contributed by atoms with Gasteiger partial charge in [0.25, 0.3) is 5.91 Å². The molecular weight excluding hydrogens is 440 g/mol. The molecule has 0 unspecified atom stereocenters.